The van der Waals surface area contributed by atoms with Gasteiger partial charge in [0.15, 0.2) is 5.13 Å². The molecule has 0 spiro atoms. The Bertz CT molecular complexity index is 888. The van der Waals surface area contributed by atoms with Crippen molar-refractivity contribution >= 4 is 38.3 Å². The zero-order valence-corrected chi connectivity index (χ0v) is 17.5. The van der Waals surface area contributed by atoms with E-state index < -0.39 is 0 Å². The Morgan fingerprint density at radius 2 is 2.24 bits per heavy atom. The van der Waals surface area contributed by atoms with E-state index in [-0.39, 0.29) is 6.03 Å². The minimum absolute atomic E-state index is 0.105. The average Bonchev–Trinajstić information content (AvgIpc) is 3.22. The highest BCUT2D eigenvalue weighted by Gasteiger charge is 2.20. The lowest BCUT2D eigenvalue weighted by atomic mass is 10.0. The van der Waals surface area contributed by atoms with Crippen LogP contribution in [0.15, 0.2) is 12.3 Å². The fourth-order valence-corrected chi connectivity index (χ4v) is 4.64. The van der Waals surface area contributed by atoms with Crippen LogP contribution in [0.1, 0.15) is 31.2 Å². The smallest absolute Gasteiger partial charge is 0.323 e. The molecule has 0 unspecified atom stereocenters. The zero-order chi connectivity index (χ0) is 20.1. The van der Waals surface area contributed by atoms with Crippen molar-refractivity contribution in [1.29, 1.82) is 0 Å². The molecular weight excluding hydrogens is 390 g/mol. The van der Waals surface area contributed by atoms with Crippen LogP contribution in [-0.4, -0.2) is 67.4 Å². The fourth-order valence-electron chi connectivity index (χ4n) is 3.65. The quantitative estimate of drug-likeness (QED) is 0.798. The molecule has 1 saturated heterocycles. The maximum absolute atomic E-state index is 12.8. The summed E-state index contributed by atoms with van der Waals surface area (Å²) < 4.78 is 11.8. The number of methoxy groups -OCH3 is 1. The van der Waals surface area contributed by atoms with Gasteiger partial charge in [-0.15, -0.1) is 0 Å². The number of fused-ring (bicyclic) bond motifs is 1. The standard InChI is InChI=1S/C20H27N5O3S/c1-27-18-16-17(15(13-22-18)14-5-11-28-12-6-14)29-19(23-16)24-20(26)25-9-4-2-3-7-21-8-10-25/h5,13,21H,2-4,6-12H2,1H3,(H,23,24,26). The van der Waals surface area contributed by atoms with Gasteiger partial charge in [0.1, 0.15) is 5.52 Å². The van der Waals surface area contributed by atoms with Crippen LogP contribution in [-0.2, 0) is 4.74 Å². The number of pyridine rings is 1. The van der Waals surface area contributed by atoms with Crippen LogP contribution in [0.4, 0.5) is 9.93 Å². The van der Waals surface area contributed by atoms with Gasteiger partial charge in [0.05, 0.1) is 25.0 Å². The van der Waals surface area contributed by atoms with Gasteiger partial charge in [-0.25, -0.2) is 14.8 Å². The summed E-state index contributed by atoms with van der Waals surface area (Å²) in [6, 6.07) is -0.105. The van der Waals surface area contributed by atoms with Gasteiger partial charge in [-0.1, -0.05) is 23.8 Å². The molecule has 2 aromatic heterocycles. The molecule has 9 heteroatoms. The number of rotatable bonds is 3. The summed E-state index contributed by atoms with van der Waals surface area (Å²) in [6.45, 7) is 4.59. The summed E-state index contributed by atoms with van der Waals surface area (Å²) in [6.07, 6.45) is 8.06. The summed E-state index contributed by atoms with van der Waals surface area (Å²) in [4.78, 5) is 23.8. The molecule has 0 atom stereocenters. The van der Waals surface area contributed by atoms with E-state index in [1.54, 1.807) is 7.11 Å². The van der Waals surface area contributed by atoms with Gasteiger partial charge in [0.25, 0.3) is 0 Å². The summed E-state index contributed by atoms with van der Waals surface area (Å²) in [5.74, 6) is 0.472. The zero-order valence-electron chi connectivity index (χ0n) is 16.7. The first-order chi connectivity index (χ1) is 14.3. The number of aromatic nitrogens is 2. The molecule has 4 rings (SSSR count). The minimum atomic E-state index is -0.105. The first-order valence-electron chi connectivity index (χ1n) is 10.1. The highest BCUT2D eigenvalue weighted by molar-refractivity contribution is 7.22. The molecule has 0 aliphatic carbocycles. The van der Waals surface area contributed by atoms with Crippen LogP contribution in [0.25, 0.3) is 15.8 Å². The van der Waals surface area contributed by atoms with Crippen molar-refractivity contribution in [3.05, 3.63) is 17.8 Å². The third kappa shape index (κ3) is 4.68. The summed E-state index contributed by atoms with van der Waals surface area (Å²) >= 11 is 1.47. The van der Waals surface area contributed by atoms with Crippen molar-refractivity contribution < 1.29 is 14.3 Å². The Hall–Kier alpha value is -2.23. The first kappa shape index (κ1) is 20.1. The maximum atomic E-state index is 12.8. The van der Waals surface area contributed by atoms with E-state index in [0.29, 0.717) is 36.3 Å². The highest BCUT2D eigenvalue weighted by Crippen LogP contribution is 2.37. The molecule has 0 aromatic carbocycles. The SMILES string of the molecule is COc1ncc(C2=CCOCC2)c2sc(NC(=O)N3CCCCCNCC3)nc12. The molecule has 2 aliphatic heterocycles. The number of thiazole rings is 1. The molecule has 4 heterocycles. The maximum Gasteiger partial charge on any atom is 0.323 e. The topological polar surface area (TPSA) is 88.6 Å². The molecule has 2 N–H and O–H groups in total. The number of hydrogen-bond donors (Lipinski definition) is 2. The third-order valence-corrected chi connectivity index (χ3v) is 6.23. The number of urea groups is 1. The van der Waals surface area contributed by atoms with Crippen molar-refractivity contribution in [3.63, 3.8) is 0 Å². The van der Waals surface area contributed by atoms with Gasteiger partial charge in [0, 0.05) is 31.4 Å². The van der Waals surface area contributed by atoms with Gasteiger partial charge in [-0.05, 0) is 31.4 Å². The van der Waals surface area contributed by atoms with E-state index in [9.17, 15) is 4.79 Å². The van der Waals surface area contributed by atoms with Crippen molar-refractivity contribution in [2.24, 2.45) is 0 Å². The molecular formula is C20H27N5O3S. The normalized spacial score (nSPS) is 18.5. The molecule has 8 nitrogen and oxygen atoms in total. The van der Waals surface area contributed by atoms with Crippen LogP contribution >= 0.6 is 11.3 Å². The van der Waals surface area contributed by atoms with Crippen LogP contribution in [0.2, 0.25) is 0 Å². The van der Waals surface area contributed by atoms with Crippen LogP contribution in [0, 0.1) is 0 Å². The number of nitrogens with zero attached hydrogens (tertiary/aromatic N) is 3. The van der Waals surface area contributed by atoms with Crippen molar-refractivity contribution in [2.75, 3.05) is 51.8 Å². The molecule has 1 fully saturated rings. The van der Waals surface area contributed by atoms with Crippen molar-refractivity contribution in [1.82, 2.24) is 20.2 Å². The van der Waals surface area contributed by atoms with Gasteiger partial charge >= 0.3 is 6.03 Å². The summed E-state index contributed by atoms with van der Waals surface area (Å²) in [5, 5.41) is 6.94. The summed E-state index contributed by atoms with van der Waals surface area (Å²) in [7, 11) is 1.59. The van der Waals surface area contributed by atoms with E-state index in [4.69, 9.17) is 9.47 Å². The predicted octanol–water partition coefficient (Wildman–Crippen LogP) is 3.11. The molecule has 2 aromatic rings. The van der Waals surface area contributed by atoms with Crippen LogP contribution in [0.3, 0.4) is 0 Å². The molecule has 0 bridgehead atoms. The number of carbonyl (C=O) groups excluding carboxylic acids is 1. The van der Waals surface area contributed by atoms with Gasteiger partial charge in [-0.2, -0.15) is 0 Å². The molecule has 2 aliphatic rings. The molecule has 0 saturated carbocycles. The van der Waals surface area contributed by atoms with Gasteiger partial charge < -0.3 is 19.7 Å². The van der Waals surface area contributed by atoms with E-state index >= 15 is 0 Å². The van der Waals surface area contributed by atoms with Crippen molar-refractivity contribution in [2.45, 2.75) is 25.7 Å². The number of carbonyl (C=O) groups is 1. The first-order valence-corrected chi connectivity index (χ1v) is 10.9. The predicted molar refractivity (Wildman–Crippen MR) is 115 cm³/mol. The molecule has 0 radical (unpaired) electrons. The van der Waals surface area contributed by atoms with Gasteiger partial charge in [-0.3, -0.25) is 5.32 Å². The highest BCUT2D eigenvalue weighted by atomic mass is 32.1. The Balaban J connectivity index is 1.58. The van der Waals surface area contributed by atoms with E-state index in [1.165, 1.54) is 16.9 Å². The number of nitrogens with one attached hydrogen (secondary N) is 2. The Labute approximate surface area is 174 Å². The average molecular weight is 418 g/mol. The second-order valence-corrected chi connectivity index (χ2v) is 8.16. The van der Waals surface area contributed by atoms with Crippen LogP contribution in [0.5, 0.6) is 5.88 Å². The Morgan fingerprint density at radius 3 is 3.07 bits per heavy atom. The van der Waals surface area contributed by atoms with Crippen LogP contribution < -0.4 is 15.4 Å². The second kappa shape index (κ2) is 9.51. The third-order valence-electron chi connectivity index (χ3n) is 5.23. The number of amides is 2. The summed E-state index contributed by atoms with van der Waals surface area (Å²) in [5.41, 5.74) is 2.92. The second-order valence-electron chi connectivity index (χ2n) is 7.16. The Kier molecular flexibility index (Phi) is 6.58. The lowest BCUT2D eigenvalue weighted by Crippen LogP contribution is -2.39. The molecule has 2 amide bonds. The lowest BCUT2D eigenvalue weighted by molar-refractivity contribution is 0.161. The monoisotopic (exact) mass is 417 g/mol. The van der Waals surface area contributed by atoms with Crippen molar-refractivity contribution in [3.8, 4) is 5.88 Å². The number of anilines is 1. The van der Waals surface area contributed by atoms with Gasteiger partial charge in [0.2, 0.25) is 5.88 Å². The Morgan fingerprint density at radius 1 is 1.31 bits per heavy atom. The largest absolute Gasteiger partial charge is 0.479 e. The van der Waals surface area contributed by atoms with E-state index in [2.05, 4.69) is 26.7 Å². The van der Waals surface area contributed by atoms with E-state index in [0.717, 1.165) is 55.6 Å². The number of hydrogen-bond acceptors (Lipinski definition) is 7. The molecule has 156 valence electrons. The van der Waals surface area contributed by atoms with E-state index in [1.807, 2.05) is 11.1 Å². The lowest BCUT2D eigenvalue weighted by Gasteiger charge is -2.21. The number of ether oxygens (including phenoxy) is 2. The fraction of sp³-hybridized carbons (Fsp3) is 0.550. The minimum Gasteiger partial charge on any atom is -0.479 e. The molecule has 29 heavy (non-hydrogen) atoms.